The van der Waals surface area contributed by atoms with E-state index in [1.807, 2.05) is 17.7 Å². The summed E-state index contributed by atoms with van der Waals surface area (Å²) >= 11 is 0. The average molecular weight is 358 g/mol. The third-order valence-corrected chi connectivity index (χ3v) is 5.04. The minimum Gasteiger partial charge on any atom is -0.479 e. The molecule has 0 heterocycles. The van der Waals surface area contributed by atoms with Crippen LogP contribution < -0.4 is 9.46 Å². The van der Waals surface area contributed by atoms with Gasteiger partial charge in [-0.15, -0.1) is 0 Å². The molecule has 7 heteroatoms. The lowest BCUT2D eigenvalue weighted by Gasteiger charge is -2.16. The summed E-state index contributed by atoms with van der Waals surface area (Å²) in [6.07, 6.45) is -1.09. The van der Waals surface area contributed by atoms with Crippen LogP contribution in [-0.2, 0) is 14.8 Å². The average Bonchev–Trinajstić information content (AvgIpc) is 2.54. The zero-order valence-corrected chi connectivity index (χ0v) is 14.9. The summed E-state index contributed by atoms with van der Waals surface area (Å²) in [5, 5.41) is 9.03. The monoisotopic (exact) mass is 358 g/mol. The molecule has 0 aliphatic carbocycles. The largest absolute Gasteiger partial charge is 0.479 e. The predicted molar refractivity (Wildman–Crippen MR) is 92.5 cm³/mol. The van der Waals surface area contributed by atoms with Crippen LogP contribution in [-0.4, -0.2) is 20.4 Å². The molecule has 0 aliphatic heterocycles. The summed E-state index contributed by atoms with van der Waals surface area (Å²) in [6, 6.07) is 13.2. The van der Waals surface area contributed by atoms with Crippen LogP contribution in [0.1, 0.15) is 23.6 Å². The van der Waals surface area contributed by atoms with Crippen molar-refractivity contribution in [3.05, 3.63) is 59.2 Å². The van der Waals surface area contributed by atoms with Crippen molar-refractivity contribution in [3.8, 4) is 11.8 Å². The molecular weight excluding hydrogens is 340 g/mol. The van der Waals surface area contributed by atoms with Gasteiger partial charge in [-0.2, -0.15) is 5.26 Å². The molecule has 25 heavy (non-hydrogen) atoms. The number of hydrogen-bond acceptors (Lipinski definition) is 5. The number of para-hydroxylation sites is 1. The fourth-order valence-corrected chi connectivity index (χ4v) is 3.55. The van der Waals surface area contributed by atoms with Crippen LogP contribution in [0.5, 0.6) is 5.75 Å². The van der Waals surface area contributed by atoms with Crippen LogP contribution in [0.4, 0.5) is 0 Å². The summed E-state index contributed by atoms with van der Waals surface area (Å²) in [5.41, 5.74) is 1.73. The van der Waals surface area contributed by atoms with Crippen LogP contribution in [0.2, 0.25) is 0 Å². The number of nitrogens with one attached hydrogen (secondary N) is 1. The van der Waals surface area contributed by atoms with E-state index < -0.39 is 22.0 Å². The molecule has 1 unspecified atom stereocenters. The van der Waals surface area contributed by atoms with Gasteiger partial charge in [-0.1, -0.05) is 29.8 Å². The lowest BCUT2D eigenvalue weighted by Crippen LogP contribution is -2.40. The highest BCUT2D eigenvalue weighted by Gasteiger charge is 2.24. The van der Waals surface area contributed by atoms with Crippen molar-refractivity contribution in [1.29, 1.82) is 5.26 Å². The SMILES string of the molecule is Cc1ccc(S(=O)(=O)NC(=O)C(C)Oc2ccccc2C#N)c(C)c1. The second kappa shape index (κ2) is 7.36. The minimum atomic E-state index is -4.00. The van der Waals surface area contributed by atoms with E-state index >= 15 is 0 Å². The summed E-state index contributed by atoms with van der Waals surface area (Å²) in [7, 11) is -4.00. The van der Waals surface area contributed by atoms with Crippen LogP contribution in [0, 0.1) is 25.2 Å². The van der Waals surface area contributed by atoms with Crippen molar-refractivity contribution >= 4 is 15.9 Å². The number of benzene rings is 2. The Morgan fingerprint density at radius 1 is 1.20 bits per heavy atom. The third-order valence-electron chi connectivity index (χ3n) is 3.54. The summed E-state index contributed by atoms with van der Waals surface area (Å²) in [5.74, 6) is -0.593. The summed E-state index contributed by atoms with van der Waals surface area (Å²) in [4.78, 5) is 12.3. The van der Waals surface area contributed by atoms with Gasteiger partial charge in [-0.25, -0.2) is 13.1 Å². The smallest absolute Gasteiger partial charge is 0.274 e. The zero-order valence-electron chi connectivity index (χ0n) is 14.1. The predicted octanol–water partition coefficient (Wildman–Crippen LogP) is 2.45. The molecule has 2 aromatic carbocycles. The standard InChI is InChI=1S/C18H18N2O4S/c1-12-8-9-17(13(2)10-12)25(22,23)20-18(21)14(3)24-16-7-5-4-6-15(16)11-19/h4-10,14H,1-3H3,(H,20,21). The highest BCUT2D eigenvalue weighted by Crippen LogP contribution is 2.19. The fourth-order valence-electron chi connectivity index (χ4n) is 2.28. The molecule has 0 aliphatic rings. The van der Waals surface area contributed by atoms with E-state index in [9.17, 15) is 13.2 Å². The van der Waals surface area contributed by atoms with Gasteiger partial charge in [-0.3, -0.25) is 4.79 Å². The molecule has 2 rings (SSSR count). The van der Waals surface area contributed by atoms with Gasteiger partial charge in [0.15, 0.2) is 6.10 Å². The van der Waals surface area contributed by atoms with E-state index in [0.29, 0.717) is 5.56 Å². The van der Waals surface area contributed by atoms with E-state index in [1.54, 1.807) is 43.3 Å². The number of rotatable bonds is 5. The van der Waals surface area contributed by atoms with Crippen molar-refractivity contribution in [2.45, 2.75) is 31.8 Å². The van der Waals surface area contributed by atoms with Crippen molar-refractivity contribution < 1.29 is 17.9 Å². The molecule has 130 valence electrons. The molecule has 0 saturated heterocycles. The quantitative estimate of drug-likeness (QED) is 0.885. The Bertz CT molecular complexity index is 946. The number of sulfonamides is 1. The topological polar surface area (TPSA) is 96.3 Å². The number of nitrogens with zero attached hydrogens (tertiary/aromatic N) is 1. The number of ether oxygens (including phenoxy) is 1. The lowest BCUT2D eigenvalue weighted by molar-refractivity contribution is -0.125. The Kier molecular flexibility index (Phi) is 5.45. The first-order valence-corrected chi connectivity index (χ1v) is 9.02. The second-order valence-electron chi connectivity index (χ2n) is 5.61. The van der Waals surface area contributed by atoms with E-state index in [2.05, 4.69) is 0 Å². The Morgan fingerprint density at radius 3 is 2.52 bits per heavy atom. The van der Waals surface area contributed by atoms with Gasteiger partial charge >= 0.3 is 0 Å². The third kappa shape index (κ3) is 4.37. The molecule has 1 N–H and O–H groups in total. The van der Waals surface area contributed by atoms with Gasteiger partial charge in [0.25, 0.3) is 15.9 Å². The van der Waals surface area contributed by atoms with Crippen LogP contribution in [0.15, 0.2) is 47.4 Å². The van der Waals surface area contributed by atoms with Gasteiger partial charge in [0.2, 0.25) is 0 Å². The maximum atomic E-state index is 12.4. The number of aryl methyl sites for hydroxylation is 2. The molecule has 6 nitrogen and oxygen atoms in total. The molecule has 1 atom stereocenters. The molecule has 0 spiro atoms. The van der Waals surface area contributed by atoms with Crippen molar-refractivity contribution in [2.24, 2.45) is 0 Å². The highest BCUT2D eigenvalue weighted by molar-refractivity contribution is 7.90. The van der Waals surface area contributed by atoms with Crippen molar-refractivity contribution in [1.82, 2.24) is 4.72 Å². The first-order chi connectivity index (χ1) is 11.7. The number of nitriles is 1. The molecule has 0 bridgehead atoms. The normalized spacial score (nSPS) is 12.1. The van der Waals surface area contributed by atoms with Crippen molar-refractivity contribution in [2.75, 3.05) is 0 Å². The van der Waals surface area contributed by atoms with Crippen molar-refractivity contribution in [3.63, 3.8) is 0 Å². The maximum absolute atomic E-state index is 12.4. The van der Waals surface area contributed by atoms with Gasteiger partial charge in [0, 0.05) is 0 Å². The Labute approximate surface area is 147 Å². The Balaban J connectivity index is 2.16. The van der Waals surface area contributed by atoms with Crippen LogP contribution in [0.25, 0.3) is 0 Å². The van der Waals surface area contributed by atoms with Gasteiger partial charge in [0.1, 0.15) is 11.8 Å². The number of carbonyl (C=O) groups is 1. The Morgan fingerprint density at radius 2 is 1.88 bits per heavy atom. The first kappa shape index (κ1) is 18.5. The van der Waals surface area contributed by atoms with E-state index in [0.717, 1.165) is 5.56 Å². The van der Waals surface area contributed by atoms with E-state index in [4.69, 9.17) is 10.00 Å². The van der Waals surface area contributed by atoms with Gasteiger partial charge < -0.3 is 4.74 Å². The second-order valence-corrected chi connectivity index (χ2v) is 7.26. The van der Waals surface area contributed by atoms with E-state index in [1.165, 1.54) is 13.0 Å². The fraction of sp³-hybridized carbons (Fsp3) is 0.222. The van der Waals surface area contributed by atoms with Crippen LogP contribution >= 0.6 is 0 Å². The molecule has 0 fully saturated rings. The maximum Gasteiger partial charge on any atom is 0.274 e. The molecule has 0 saturated carbocycles. The lowest BCUT2D eigenvalue weighted by atomic mass is 10.2. The molecule has 1 amide bonds. The Hall–Kier alpha value is -2.85. The van der Waals surface area contributed by atoms with E-state index in [-0.39, 0.29) is 16.2 Å². The minimum absolute atomic E-state index is 0.0380. The first-order valence-electron chi connectivity index (χ1n) is 7.54. The zero-order chi connectivity index (χ0) is 18.6. The number of hydrogen-bond donors (Lipinski definition) is 1. The molecular formula is C18H18N2O4S. The highest BCUT2D eigenvalue weighted by atomic mass is 32.2. The summed E-state index contributed by atoms with van der Waals surface area (Å²) < 4.78 is 32.3. The molecule has 2 aromatic rings. The molecule has 0 aromatic heterocycles. The summed E-state index contributed by atoms with van der Waals surface area (Å²) in [6.45, 7) is 4.93. The number of carbonyl (C=O) groups excluding carboxylic acids is 1. The van der Waals surface area contributed by atoms with Crippen LogP contribution in [0.3, 0.4) is 0 Å². The molecule has 0 radical (unpaired) electrons. The number of amides is 1. The van der Waals surface area contributed by atoms with Gasteiger partial charge in [-0.05, 0) is 44.5 Å². The van der Waals surface area contributed by atoms with Gasteiger partial charge in [0.05, 0.1) is 10.5 Å².